The summed E-state index contributed by atoms with van der Waals surface area (Å²) in [4.78, 5) is 13.9. The summed E-state index contributed by atoms with van der Waals surface area (Å²) in [5.74, 6) is -0.736. The average Bonchev–Trinajstić information content (AvgIpc) is 2.78. The number of nitrogens with one attached hydrogen (secondary N) is 1. The standard InChI is InChI=1S/C16H12N2O3S/c19-13-7-6-10(9-14(13)20)8-12-15(21)18(16(22)17-12)11-4-2-1-3-5-11/h1-9,19-20H,(H,17,22)/b12-8+. The normalized spacial score (nSPS) is 16.2. The van der Waals surface area contributed by atoms with Crippen LogP contribution in [0.2, 0.25) is 0 Å². The molecule has 2 aromatic carbocycles. The van der Waals surface area contributed by atoms with Gasteiger partial charge in [-0.05, 0) is 48.1 Å². The number of hydrogen-bond donors (Lipinski definition) is 3. The third-order valence-corrected chi connectivity index (χ3v) is 3.49. The van der Waals surface area contributed by atoms with E-state index in [0.29, 0.717) is 22.1 Å². The van der Waals surface area contributed by atoms with Gasteiger partial charge in [0.15, 0.2) is 16.6 Å². The van der Waals surface area contributed by atoms with Gasteiger partial charge < -0.3 is 15.5 Å². The molecule has 5 nitrogen and oxygen atoms in total. The van der Waals surface area contributed by atoms with Gasteiger partial charge in [-0.15, -0.1) is 0 Å². The number of hydrogen-bond acceptors (Lipinski definition) is 4. The zero-order valence-electron chi connectivity index (χ0n) is 11.4. The third-order valence-electron chi connectivity index (χ3n) is 3.20. The van der Waals surface area contributed by atoms with Crippen LogP contribution < -0.4 is 10.2 Å². The van der Waals surface area contributed by atoms with Gasteiger partial charge in [-0.2, -0.15) is 0 Å². The Morgan fingerprint density at radius 1 is 1.05 bits per heavy atom. The minimum absolute atomic E-state index is 0.214. The number of carbonyl (C=O) groups is 1. The molecule has 22 heavy (non-hydrogen) atoms. The molecule has 2 aromatic rings. The quantitative estimate of drug-likeness (QED) is 0.451. The monoisotopic (exact) mass is 312 g/mol. The van der Waals surface area contributed by atoms with Crippen LogP contribution in [0.4, 0.5) is 5.69 Å². The molecule has 0 radical (unpaired) electrons. The lowest BCUT2D eigenvalue weighted by Crippen LogP contribution is -2.30. The Morgan fingerprint density at radius 3 is 2.45 bits per heavy atom. The highest BCUT2D eigenvalue weighted by Crippen LogP contribution is 2.27. The van der Waals surface area contributed by atoms with Crippen LogP contribution >= 0.6 is 12.2 Å². The second-order valence-electron chi connectivity index (χ2n) is 4.71. The fourth-order valence-corrected chi connectivity index (χ4v) is 2.44. The van der Waals surface area contributed by atoms with Gasteiger partial charge in [-0.3, -0.25) is 9.69 Å². The van der Waals surface area contributed by atoms with Crippen LogP contribution in [0.15, 0.2) is 54.2 Å². The van der Waals surface area contributed by atoms with Gasteiger partial charge in [0.25, 0.3) is 5.91 Å². The SMILES string of the molecule is O=C1/C(=C\c2ccc(O)c(O)c2)NC(=S)N1c1ccccc1. The fourth-order valence-electron chi connectivity index (χ4n) is 2.14. The Hall–Kier alpha value is -2.86. The summed E-state index contributed by atoms with van der Waals surface area (Å²) in [5.41, 5.74) is 1.56. The van der Waals surface area contributed by atoms with Crippen molar-refractivity contribution in [2.75, 3.05) is 4.90 Å². The minimum Gasteiger partial charge on any atom is -0.504 e. The Kier molecular flexibility index (Phi) is 3.52. The van der Waals surface area contributed by atoms with E-state index in [1.54, 1.807) is 24.3 Å². The van der Waals surface area contributed by atoms with Gasteiger partial charge in [0, 0.05) is 0 Å². The summed E-state index contributed by atoms with van der Waals surface area (Å²) in [6.07, 6.45) is 1.57. The smallest absolute Gasteiger partial charge is 0.281 e. The van der Waals surface area contributed by atoms with Gasteiger partial charge in [-0.1, -0.05) is 24.3 Å². The van der Waals surface area contributed by atoms with Crippen molar-refractivity contribution < 1.29 is 15.0 Å². The summed E-state index contributed by atoms with van der Waals surface area (Å²) in [6.45, 7) is 0. The highest BCUT2D eigenvalue weighted by molar-refractivity contribution is 7.80. The summed E-state index contributed by atoms with van der Waals surface area (Å²) in [5, 5.41) is 22.0. The Morgan fingerprint density at radius 2 is 1.77 bits per heavy atom. The number of aromatic hydroxyl groups is 2. The predicted molar refractivity (Wildman–Crippen MR) is 87.4 cm³/mol. The van der Waals surface area contributed by atoms with E-state index in [-0.39, 0.29) is 17.4 Å². The van der Waals surface area contributed by atoms with Crippen LogP contribution in [-0.2, 0) is 4.79 Å². The second-order valence-corrected chi connectivity index (χ2v) is 5.10. The lowest BCUT2D eigenvalue weighted by molar-refractivity contribution is -0.113. The molecule has 6 heteroatoms. The number of para-hydroxylation sites is 1. The van der Waals surface area contributed by atoms with Crippen LogP contribution in [0.25, 0.3) is 6.08 Å². The van der Waals surface area contributed by atoms with Gasteiger partial charge in [0.2, 0.25) is 0 Å². The van der Waals surface area contributed by atoms with Crippen molar-refractivity contribution in [2.24, 2.45) is 0 Å². The Labute approximate surface area is 132 Å². The maximum Gasteiger partial charge on any atom is 0.281 e. The van der Waals surface area contributed by atoms with Crippen LogP contribution in [-0.4, -0.2) is 21.2 Å². The van der Waals surface area contributed by atoms with Crippen molar-refractivity contribution in [3.8, 4) is 11.5 Å². The molecule has 0 aliphatic carbocycles. The van der Waals surface area contributed by atoms with E-state index in [0.717, 1.165) is 0 Å². The van der Waals surface area contributed by atoms with Crippen molar-refractivity contribution in [1.82, 2.24) is 5.32 Å². The summed E-state index contributed by atoms with van der Waals surface area (Å²) < 4.78 is 0. The molecule has 1 fully saturated rings. The van der Waals surface area contributed by atoms with Crippen molar-refractivity contribution in [3.05, 3.63) is 59.8 Å². The molecule has 0 atom stereocenters. The molecule has 0 saturated carbocycles. The Balaban J connectivity index is 1.93. The summed E-state index contributed by atoms with van der Waals surface area (Å²) in [6, 6.07) is 13.4. The second kappa shape index (κ2) is 5.50. The van der Waals surface area contributed by atoms with Crippen LogP contribution in [0.5, 0.6) is 11.5 Å². The summed E-state index contributed by atoms with van der Waals surface area (Å²) >= 11 is 5.20. The number of phenols is 2. The first kappa shape index (κ1) is 14.1. The molecule has 0 bridgehead atoms. The molecule has 0 aromatic heterocycles. The first-order valence-electron chi connectivity index (χ1n) is 6.50. The average molecular weight is 312 g/mol. The number of amides is 1. The maximum atomic E-state index is 12.5. The van der Waals surface area contributed by atoms with E-state index < -0.39 is 0 Å². The first-order chi connectivity index (χ1) is 10.6. The molecule has 1 amide bonds. The maximum absolute atomic E-state index is 12.5. The number of nitrogens with zero attached hydrogens (tertiary/aromatic N) is 1. The van der Waals surface area contributed by atoms with Crippen LogP contribution in [0.1, 0.15) is 5.56 Å². The van der Waals surface area contributed by atoms with E-state index in [1.807, 2.05) is 18.2 Å². The van der Waals surface area contributed by atoms with E-state index in [2.05, 4.69) is 5.32 Å². The van der Waals surface area contributed by atoms with E-state index in [9.17, 15) is 15.0 Å². The molecule has 1 heterocycles. The molecule has 3 N–H and O–H groups in total. The molecule has 1 aliphatic heterocycles. The molecular weight excluding hydrogens is 300 g/mol. The molecule has 1 aliphatic rings. The molecule has 1 saturated heterocycles. The zero-order chi connectivity index (χ0) is 15.7. The van der Waals surface area contributed by atoms with Crippen LogP contribution in [0.3, 0.4) is 0 Å². The molecule has 0 spiro atoms. The lowest BCUT2D eigenvalue weighted by atomic mass is 10.1. The van der Waals surface area contributed by atoms with Crippen LogP contribution in [0, 0.1) is 0 Å². The number of thiocarbonyl (C=S) groups is 1. The molecule has 0 unspecified atom stereocenters. The predicted octanol–water partition coefficient (Wildman–Crippen LogP) is 2.36. The topological polar surface area (TPSA) is 72.8 Å². The molecular formula is C16H12N2O3S. The highest BCUT2D eigenvalue weighted by Gasteiger charge is 2.31. The molecule has 110 valence electrons. The fraction of sp³-hybridized carbons (Fsp3) is 0. The van der Waals surface area contributed by atoms with E-state index in [1.165, 1.54) is 17.0 Å². The van der Waals surface area contributed by atoms with Gasteiger partial charge in [0.1, 0.15) is 5.70 Å². The van der Waals surface area contributed by atoms with E-state index in [4.69, 9.17) is 12.2 Å². The van der Waals surface area contributed by atoms with Gasteiger partial charge >= 0.3 is 0 Å². The Bertz CT molecular complexity index is 787. The number of benzene rings is 2. The number of rotatable bonds is 2. The largest absolute Gasteiger partial charge is 0.504 e. The number of anilines is 1. The van der Waals surface area contributed by atoms with Gasteiger partial charge in [0.05, 0.1) is 5.69 Å². The summed E-state index contributed by atoms with van der Waals surface area (Å²) in [7, 11) is 0. The zero-order valence-corrected chi connectivity index (χ0v) is 12.2. The van der Waals surface area contributed by atoms with Crippen molar-refractivity contribution >= 4 is 35.0 Å². The first-order valence-corrected chi connectivity index (χ1v) is 6.91. The number of carbonyl (C=O) groups excluding carboxylic acids is 1. The third kappa shape index (κ3) is 2.51. The van der Waals surface area contributed by atoms with Crippen molar-refractivity contribution in [1.29, 1.82) is 0 Å². The highest BCUT2D eigenvalue weighted by atomic mass is 32.1. The van der Waals surface area contributed by atoms with Gasteiger partial charge in [-0.25, -0.2) is 0 Å². The number of phenolic OH excluding ortho intramolecular Hbond substituents is 2. The van der Waals surface area contributed by atoms with Crippen molar-refractivity contribution in [3.63, 3.8) is 0 Å². The van der Waals surface area contributed by atoms with Crippen molar-refractivity contribution in [2.45, 2.75) is 0 Å². The lowest BCUT2D eigenvalue weighted by Gasteiger charge is -2.13. The van der Waals surface area contributed by atoms with E-state index >= 15 is 0 Å². The molecule has 3 rings (SSSR count). The minimum atomic E-state index is -0.274.